The smallest absolute Gasteiger partial charge is 0.398 e. The molecular weight excluding hydrogens is 257 g/mol. The zero-order chi connectivity index (χ0) is 14.4. The third kappa shape index (κ3) is 2.10. The molecule has 2 aromatic heterocycles. The Morgan fingerprint density at radius 2 is 1.75 bits per heavy atom. The van der Waals surface area contributed by atoms with Crippen LogP contribution in [0.15, 0.2) is 24.8 Å². The van der Waals surface area contributed by atoms with Crippen molar-refractivity contribution in [1.29, 1.82) is 0 Å². The van der Waals surface area contributed by atoms with Gasteiger partial charge >= 0.3 is 7.12 Å². The second-order valence-corrected chi connectivity index (χ2v) is 5.71. The van der Waals surface area contributed by atoms with Gasteiger partial charge in [0.25, 0.3) is 0 Å². The monoisotopic (exact) mass is 273 g/mol. The van der Waals surface area contributed by atoms with Crippen molar-refractivity contribution < 1.29 is 9.31 Å². The van der Waals surface area contributed by atoms with Crippen LogP contribution >= 0.6 is 0 Å². The van der Waals surface area contributed by atoms with Crippen molar-refractivity contribution in [3.63, 3.8) is 0 Å². The first-order valence-corrected chi connectivity index (χ1v) is 6.43. The maximum Gasteiger partial charge on any atom is 0.518 e. The molecule has 1 fully saturated rings. The molecule has 8 heteroatoms. The Morgan fingerprint density at radius 1 is 1.05 bits per heavy atom. The lowest BCUT2D eigenvalue weighted by Crippen LogP contribution is -2.41. The molecule has 1 saturated heterocycles. The van der Waals surface area contributed by atoms with Crippen LogP contribution in [0.25, 0.3) is 5.82 Å². The van der Waals surface area contributed by atoms with E-state index in [1.165, 1.54) is 4.80 Å². The van der Waals surface area contributed by atoms with Crippen molar-refractivity contribution in [2.75, 3.05) is 0 Å². The Labute approximate surface area is 117 Å². The summed E-state index contributed by atoms with van der Waals surface area (Å²) < 4.78 is 11.9. The van der Waals surface area contributed by atoms with E-state index in [1.807, 2.05) is 27.7 Å². The zero-order valence-corrected chi connectivity index (χ0v) is 11.9. The van der Waals surface area contributed by atoms with E-state index in [0.717, 1.165) is 0 Å². The van der Waals surface area contributed by atoms with E-state index in [4.69, 9.17) is 9.31 Å². The molecule has 3 heterocycles. The van der Waals surface area contributed by atoms with Crippen molar-refractivity contribution in [3.8, 4) is 5.82 Å². The van der Waals surface area contributed by atoms with E-state index in [1.54, 1.807) is 24.8 Å². The summed E-state index contributed by atoms with van der Waals surface area (Å²) >= 11 is 0. The first kappa shape index (κ1) is 13.2. The maximum atomic E-state index is 5.93. The van der Waals surface area contributed by atoms with Gasteiger partial charge in [-0.1, -0.05) is 0 Å². The van der Waals surface area contributed by atoms with E-state index >= 15 is 0 Å². The van der Waals surface area contributed by atoms with Crippen LogP contribution < -0.4 is 5.59 Å². The fourth-order valence-electron chi connectivity index (χ4n) is 1.85. The number of rotatable bonds is 2. The Balaban J connectivity index is 1.86. The summed E-state index contributed by atoms with van der Waals surface area (Å²) in [5, 5.41) is 8.52. The van der Waals surface area contributed by atoms with Crippen molar-refractivity contribution in [2.24, 2.45) is 0 Å². The van der Waals surface area contributed by atoms with Crippen LogP contribution in [0.2, 0.25) is 0 Å². The summed E-state index contributed by atoms with van der Waals surface area (Å²) in [6.45, 7) is 8.00. The molecule has 0 aromatic carbocycles. The number of hydrogen-bond donors (Lipinski definition) is 0. The van der Waals surface area contributed by atoms with E-state index in [2.05, 4.69) is 20.2 Å². The van der Waals surface area contributed by atoms with Gasteiger partial charge in [-0.25, -0.2) is 4.98 Å². The predicted octanol–water partition coefficient (Wildman–Crippen LogP) is 0.356. The van der Waals surface area contributed by atoms with Gasteiger partial charge in [0.1, 0.15) is 5.59 Å². The lowest BCUT2D eigenvalue weighted by atomic mass is 9.86. The molecule has 1 aliphatic heterocycles. The number of hydrogen-bond acceptors (Lipinski definition) is 6. The fourth-order valence-corrected chi connectivity index (χ4v) is 1.85. The average Bonchev–Trinajstić information content (AvgIpc) is 2.94. The lowest BCUT2D eigenvalue weighted by Gasteiger charge is -2.32. The quantitative estimate of drug-likeness (QED) is 0.735. The van der Waals surface area contributed by atoms with Gasteiger partial charge in [-0.05, 0) is 27.7 Å². The highest BCUT2D eigenvalue weighted by molar-refractivity contribution is 6.61. The molecule has 1 aliphatic rings. The third-order valence-corrected chi connectivity index (χ3v) is 3.76. The molecule has 0 unspecified atom stereocenters. The molecule has 0 spiro atoms. The minimum atomic E-state index is -0.523. The van der Waals surface area contributed by atoms with Crippen LogP contribution in [0.3, 0.4) is 0 Å². The standard InChI is InChI=1S/C12H16BN5O2/c1-11(2)12(3,4)20-13(19-11)9-7-16-18(17-9)10-8-14-5-6-15-10/h5-8H,1-4H3. The molecule has 7 nitrogen and oxygen atoms in total. The molecule has 0 aliphatic carbocycles. The normalized spacial score (nSPS) is 20.3. The highest BCUT2D eigenvalue weighted by Gasteiger charge is 2.52. The Morgan fingerprint density at radius 3 is 2.35 bits per heavy atom. The minimum Gasteiger partial charge on any atom is -0.398 e. The molecular formula is C12H16BN5O2. The molecule has 0 atom stereocenters. The first-order chi connectivity index (χ1) is 9.39. The van der Waals surface area contributed by atoms with Gasteiger partial charge < -0.3 is 9.31 Å². The zero-order valence-electron chi connectivity index (χ0n) is 11.9. The van der Waals surface area contributed by atoms with Gasteiger partial charge in [-0.3, -0.25) is 4.98 Å². The van der Waals surface area contributed by atoms with Gasteiger partial charge in [0.05, 0.1) is 23.6 Å². The molecule has 104 valence electrons. The SMILES string of the molecule is CC1(C)OB(c2cnn(-c3cnccn3)n2)OC1(C)C. The average molecular weight is 273 g/mol. The van der Waals surface area contributed by atoms with Crippen LogP contribution in [0, 0.1) is 0 Å². The number of nitrogens with zero attached hydrogens (tertiary/aromatic N) is 5. The van der Waals surface area contributed by atoms with E-state index in [9.17, 15) is 0 Å². The Kier molecular flexibility index (Phi) is 2.88. The molecule has 0 bridgehead atoms. The second kappa shape index (κ2) is 4.36. The summed E-state index contributed by atoms with van der Waals surface area (Å²) in [6.07, 6.45) is 6.40. The summed E-state index contributed by atoms with van der Waals surface area (Å²) in [6, 6.07) is 0. The van der Waals surface area contributed by atoms with E-state index < -0.39 is 18.3 Å². The van der Waals surface area contributed by atoms with Gasteiger partial charge in [0, 0.05) is 12.4 Å². The van der Waals surface area contributed by atoms with Crippen molar-refractivity contribution >= 4 is 12.7 Å². The van der Waals surface area contributed by atoms with Crippen molar-refractivity contribution in [2.45, 2.75) is 38.9 Å². The molecule has 0 amide bonds. The van der Waals surface area contributed by atoms with Gasteiger partial charge in [0.2, 0.25) is 0 Å². The van der Waals surface area contributed by atoms with E-state index in [0.29, 0.717) is 11.4 Å². The topological polar surface area (TPSA) is 75.0 Å². The molecule has 20 heavy (non-hydrogen) atoms. The lowest BCUT2D eigenvalue weighted by molar-refractivity contribution is 0.00578. The third-order valence-electron chi connectivity index (χ3n) is 3.76. The second-order valence-electron chi connectivity index (χ2n) is 5.71. The van der Waals surface area contributed by atoms with Gasteiger partial charge in [-0.15, -0.1) is 4.80 Å². The molecule has 2 aromatic rings. The predicted molar refractivity (Wildman–Crippen MR) is 72.7 cm³/mol. The summed E-state index contributed by atoms with van der Waals surface area (Å²) in [4.78, 5) is 9.54. The molecule has 0 radical (unpaired) electrons. The molecule has 3 rings (SSSR count). The van der Waals surface area contributed by atoms with E-state index in [-0.39, 0.29) is 0 Å². The summed E-state index contributed by atoms with van der Waals surface area (Å²) in [7, 11) is -0.523. The van der Waals surface area contributed by atoms with Gasteiger partial charge in [0.15, 0.2) is 5.82 Å². The Bertz CT molecular complexity index is 597. The van der Waals surface area contributed by atoms with Crippen molar-refractivity contribution in [1.82, 2.24) is 25.0 Å². The summed E-state index contributed by atoms with van der Waals surface area (Å²) in [5.74, 6) is 0.551. The minimum absolute atomic E-state index is 0.395. The number of aromatic nitrogens is 5. The first-order valence-electron chi connectivity index (χ1n) is 6.43. The van der Waals surface area contributed by atoms with Gasteiger partial charge in [-0.2, -0.15) is 10.2 Å². The van der Waals surface area contributed by atoms with Crippen LogP contribution in [0.5, 0.6) is 0 Å². The van der Waals surface area contributed by atoms with Crippen LogP contribution in [0.1, 0.15) is 27.7 Å². The summed E-state index contributed by atoms with van der Waals surface area (Å²) in [5.41, 5.74) is -0.170. The van der Waals surface area contributed by atoms with Crippen molar-refractivity contribution in [3.05, 3.63) is 24.8 Å². The largest absolute Gasteiger partial charge is 0.518 e. The van der Waals surface area contributed by atoms with Crippen LogP contribution in [-0.2, 0) is 9.31 Å². The maximum absolute atomic E-state index is 5.93. The highest BCUT2D eigenvalue weighted by Crippen LogP contribution is 2.36. The molecule has 0 N–H and O–H groups in total. The highest BCUT2D eigenvalue weighted by atomic mass is 16.7. The molecule has 0 saturated carbocycles. The fraction of sp³-hybridized carbons (Fsp3) is 0.500. The van der Waals surface area contributed by atoms with Crippen LogP contribution in [0.4, 0.5) is 0 Å². The van der Waals surface area contributed by atoms with Crippen LogP contribution in [-0.4, -0.2) is 43.3 Å². The Hall–Kier alpha value is -1.80.